The van der Waals surface area contributed by atoms with Crippen molar-refractivity contribution in [3.8, 4) is 0 Å². The first-order valence-electron chi connectivity index (χ1n) is 5.37. The Morgan fingerprint density at radius 2 is 1.94 bits per heavy atom. The number of hydrogen-bond acceptors (Lipinski definition) is 3. The van der Waals surface area contributed by atoms with Crippen molar-refractivity contribution in [1.82, 2.24) is 10.6 Å². The van der Waals surface area contributed by atoms with Gasteiger partial charge in [0.15, 0.2) is 5.96 Å². The quantitative estimate of drug-likeness (QED) is 0.347. The summed E-state index contributed by atoms with van der Waals surface area (Å²) in [6.07, 6.45) is 0. The van der Waals surface area contributed by atoms with Crippen LogP contribution in [-0.2, 0) is 9.53 Å². The van der Waals surface area contributed by atoms with Gasteiger partial charge in [-0.05, 0) is 20.8 Å². The van der Waals surface area contributed by atoms with E-state index in [0.29, 0.717) is 12.5 Å². The molecule has 0 fully saturated rings. The van der Waals surface area contributed by atoms with Crippen LogP contribution >= 0.6 is 24.0 Å². The first-order valence-corrected chi connectivity index (χ1v) is 5.37. The summed E-state index contributed by atoms with van der Waals surface area (Å²) < 4.78 is 4.64. The molecular formula is C11H24IN3O2. The van der Waals surface area contributed by atoms with Crippen molar-refractivity contribution in [3.63, 3.8) is 0 Å². The Bertz CT molecular complexity index is 262. The van der Waals surface area contributed by atoms with Gasteiger partial charge in [-0.3, -0.25) is 9.79 Å². The summed E-state index contributed by atoms with van der Waals surface area (Å²) in [5, 5.41) is 6.28. The molecule has 102 valence electrons. The second-order valence-electron chi connectivity index (χ2n) is 4.75. The van der Waals surface area contributed by atoms with Crippen LogP contribution < -0.4 is 10.6 Å². The number of methoxy groups -OCH3 is 1. The van der Waals surface area contributed by atoms with E-state index in [0.717, 1.165) is 0 Å². The van der Waals surface area contributed by atoms with Gasteiger partial charge < -0.3 is 15.4 Å². The number of carbonyl (C=O) groups is 1. The molecule has 0 rings (SSSR count). The van der Waals surface area contributed by atoms with Gasteiger partial charge in [-0.15, -0.1) is 24.0 Å². The Hall–Kier alpha value is -0.530. The lowest BCUT2D eigenvalue weighted by molar-refractivity contribution is -0.144. The fraction of sp³-hybridized carbons (Fsp3) is 0.818. The van der Waals surface area contributed by atoms with Crippen molar-refractivity contribution >= 4 is 35.9 Å². The summed E-state index contributed by atoms with van der Waals surface area (Å²) in [4.78, 5) is 15.2. The molecule has 0 saturated carbocycles. The van der Waals surface area contributed by atoms with Crippen LogP contribution in [0, 0.1) is 5.92 Å². The molecule has 0 bridgehead atoms. The van der Waals surface area contributed by atoms with Crippen LogP contribution in [-0.4, -0.2) is 38.2 Å². The lowest BCUT2D eigenvalue weighted by Gasteiger charge is -2.24. The van der Waals surface area contributed by atoms with Gasteiger partial charge in [0.05, 0.1) is 13.0 Å². The van der Waals surface area contributed by atoms with E-state index in [2.05, 4.69) is 20.4 Å². The Kier molecular flexibility index (Phi) is 9.46. The summed E-state index contributed by atoms with van der Waals surface area (Å²) in [6, 6.07) is 0. The Balaban J connectivity index is 0. The topological polar surface area (TPSA) is 62.7 Å². The van der Waals surface area contributed by atoms with E-state index in [4.69, 9.17) is 0 Å². The number of guanidine groups is 1. The van der Waals surface area contributed by atoms with Gasteiger partial charge in [0.1, 0.15) is 0 Å². The number of rotatable bonds is 3. The molecule has 0 spiro atoms. The normalized spacial score (nSPS) is 13.4. The van der Waals surface area contributed by atoms with Crippen LogP contribution in [0.5, 0.6) is 0 Å². The van der Waals surface area contributed by atoms with E-state index in [1.807, 2.05) is 27.7 Å². The van der Waals surface area contributed by atoms with E-state index in [9.17, 15) is 4.79 Å². The molecular weight excluding hydrogens is 333 g/mol. The highest BCUT2D eigenvalue weighted by molar-refractivity contribution is 14.0. The minimum atomic E-state index is -0.223. The van der Waals surface area contributed by atoms with Gasteiger partial charge in [0, 0.05) is 19.1 Å². The predicted octanol–water partition coefficient (Wildman–Crippen LogP) is 1.38. The Morgan fingerprint density at radius 3 is 2.29 bits per heavy atom. The zero-order chi connectivity index (χ0) is 12.8. The highest BCUT2D eigenvalue weighted by atomic mass is 127. The summed E-state index contributed by atoms with van der Waals surface area (Å²) >= 11 is 0. The molecule has 0 aliphatic rings. The molecule has 0 aromatic rings. The maximum atomic E-state index is 11.2. The number of aliphatic imine (C=N–C) groups is 1. The van der Waals surface area contributed by atoms with Crippen molar-refractivity contribution in [3.05, 3.63) is 0 Å². The van der Waals surface area contributed by atoms with Gasteiger partial charge in [-0.25, -0.2) is 0 Å². The molecule has 0 saturated heterocycles. The van der Waals surface area contributed by atoms with Crippen molar-refractivity contribution < 1.29 is 9.53 Å². The maximum absolute atomic E-state index is 11.2. The van der Waals surface area contributed by atoms with Crippen LogP contribution in [0.4, 0.5) is 0 Å². The first-order chi connectivity index (χ1) is 7.30. The highest BCUT2D eigenvalue weighted by Crippen LogP contribution is 1.99. The van der Waals surface area contributed by atoms with Crippen molar-refractivity contribution in [2.75, 3.05) is 20.7 Å². The van der Waals surface area contributed by atoms with Crippen LogP contribution in [0.3, 0.4) is 0 Å². The SMILES string of the molecule is CN=C(NCC(C)C(=O)OC)NC(C)(C)C.I. The third-order valence-electron chi connectivity index (χ3n) is 1.90. The van der Waals surface area contributed by atoms with Crippen molar-refractivity contribution in [2.45, 2.75) is 33.2 Å². The van der Waals surface area contributed by atoms with Crippen molar-refractivity contribution in [2.24, 2.45) is 10.9 Å². The molecule has 0 aliphatic carbocycles. The van der Waals surface area contributed by atoms with E-state index >= 15 is 0 Å². The van der Waals surface area contributed by atoms with Crippen LogP contribution in [0.15, 0.2) is 4.99 Å². The Labute approximate surface area is 121 Å². The molecule has 17 heavy (non-hydrogen) atoms. The zero-order valence-corrected chi connectivity index (χ0v) is 13.8. The first kappa shape index (κ1) is 18.8. The summed E-state index contributed by atoms with van der Waals surface area (Å²) in [5.74, 6) is 0.269. The number of esters is 1. The minimum absolute atomic E-state index is 0. The third-order valence-corrected chi connectivity index (χ3v) is 1.90. The second-order valence-corrected chi connectivity index (χ2v) is 4.75. The number of ether oxygens (including phenoxy) is 1. The van der Waals surface area contributed by atoms with Gasteiger partial charge in [0.2, 0.25) is 0 Å². The monoisotopic (exact) mass is 357 g/mol. The fourth-order valence-electron chi connectivity index (χ4n) is 1.07. The van der Waals surface area contributed by atoms with E-state index in [-0.39, 0.29) is 41.4 Å². The van der Waals surface area contributed by atoms with E-state index < -0.39 is 0 Å². The number of halogens is 1. The molecule has 1 atom stereocenters. The average molecular weight is 357 g/mol. The smallest absolute Gasteiger partial charge is 0.310 e. The summed E-state index contributed by atoms with van der Waals surface area (Å²) in [7, 11) is 3.09. The van der Waals surface area contributed by atoms with E-state index in [1.54, 1.807) is 7.05 Å². The van der Waals surface area contributed by atoms with Crippen LogP contribution in [0.25, 0.3) is 0 Å². The largest absolute Gasteiger partial charge is 0.469 e. The molecule has 0 aromatic carbocycles. The molecule has 0 heterocycles. The number of hydrogen-bond donors (Lipinski definition) is 2. The summed E-state index contributed by atoms with van der Waals surface area (Å²) in [5.41, 5.74) is -0.0592. The minimum Gasteiger partial charge on any atom is -0.469 e. The molecule has 0 aromatic heterocycles. The number of nitrogens with zero attached hydrogens (tertiary/aromatic N) is 1. The van der Waals surface area contributed by atoms with Crippen LogP contribution in [0.1, 0.15) is 27.7 Å². The highest BCUT2D eigenvalue weighted by Gasteiger charge is 2.15. The standard InChI is InChI=1S/C11H23N3O2.HI/c1-8(9(15)16-6)7-13-10(12-5)14-11(2,3)4;/h8H,7H2,1-6H3,(H2,12,13,14);1H. The number of nitrogens with one attached hydrogen (secondary N) is 2. The summed E-state index contributed by atoms with van der Waals surface area (Å²) in [6.45, 7) is 8.45. The lowest BCUT2D eigenvalue weighted by Crippen LogP contribution is -2.48. The van der Waals surface area contributed by atoms with Gasteiger partial charge in [0.25, 0.3) is 0 Å². The zero-order valence-electron chi connectivity index (χ0n) is 11.5. The molecule has 0 amide bonds. The van der Waals surface area contributed by atoms with E-state index in [1.165, 1.54) is 7.11 Å². The van der Waals surface area contributed by atoms with Gasteiger partial charge in [-0.1, -0.05) is 6.92 Å². The fourth-order valence-corrected chi connectivity index (χ4v) is 1.07. The van der Waals surface area contributed by atoms with Crippen molar-refractivity contribution in [1.29, 1.82) is 0 Å². The molecule has 5 nitrogen and oxygen atoms in total. The van der Waals surface area contributed by atoms with Gasteiger partial charge >= 0.3 is 5.97 Å². The lowest BCUT2D eigenvalue weighted by atomic mass is 10.1. The average Bonchev–Trinajstić information content (AvgIpc) is 2.20. The molecule has 6 heteroatoms. The number of carbonyl (C=O) groups excluding carboxylic acids is 1. The second kappa shape index (κ2) is 8.54. The van der Waals surface area contributed by atoms with Crippen LogP contribution in [0.2, 0.25) is 0 Å². The molecule has 0 radical (unpaired) electrons. The molecule has 1 unspecified atom stereocenters. The predicted molar refractivity (Wildman–Crippen MR) is 80.8 cm³/mol. The molecule has 0 aliphatic heterocycles. The maximum Gasteiger partial charge on any atom is 0.310 e. The Morgan fingerprint density at radius 1 is 1.41 bits per heavy atom. The van der Waals surface area contributed by atoms with Gasteiger partial charge in [-0.2, -0.15) is 0 Å². The molecule has 2 N–H and O–H groups in total. The third kappa shape index (κ3) is 9.20.